The highest BCUT2D eigenvalue weighted by Crippen LogP contribution is 2.77. The summed E-state index contributed by atoms with van der Waals surface area (Å²) in [6, 6.07) is 29.0. The van der Waals surface area contributed by atoms with Gasteiger partial charge in [-0.1, -0.05) is 97.1 Å². The molecule has 0 aromatic heterocycles. The van der Waals surface area contributed by atoms with Crippen LogP contribution in [0.4, 0.5) is 21.0 Å². The van der Waals surface area contributed by atoms with Gasteiger partial charge in [0.2, 0.25) is 11.8 Å². The second-order valence-electron chi connectivity index (χ2n) is 19.4. The lowest BCUT2D eigenvalue weighted by molar-refractivity contribution is -0.156. The third-order valence-corrected chi connectivity index (χ3v) is 13.1. The van der Waals surface area contributed by atoms with Crippen molar-refractivity contribution in [2.24, 2.45) is 22.7 Å². The van der Waals surface area contributed by atoms with Crippen molar-refractivity contribution in [2.75, 3.05) is 23.0 Å². The van der Waals surface area contributed by atoms with Crippen LogP contribution in [0.1, 0.15) is 101 Å². The Morgan fingerprint density at radius 2 is 0.786 bits per heavy atom. The molecule has 70 heavy (non-hydrogen) atoms. The summed E-state index contributed by atoms with van der Waals surface area (Å²) in [5.41, 5.74) is -8.59. The highest BCUT2D eigenvalue weighted by molar-refractivity contribution is 6.35. The number of para-hydroxylation sites is 2. The number of carbonyl (C=O) groups excluding carboxylic acids is 10. The van der Waals surface area contributed by atoms with Crippen LogP contribution in [-0.2, 0) is 58.5 Å². The Morgan fingerprint density at radius 3 is 1.07 bits per heavy atom. The van der Waals surface area contributed by atoms with Crippen LogP contribution in [0.15, 0.2) is 109 Å². The van der Waals surface area contributed by atoms with Gasteiger partial charge in [0.05, 0.1) is 36.4 Å². The summed E-state index contributed by atoms with van der Waals surface area (Å²) in [6.07, 6.45) is -1.91. The first-order chi connectivity index (χ1) is 32.9. The molecular formula is C54H54N2O14. The average Bonchev–Trinajstić information content (AvgIpc) is 4.09. The molecule has 0 unspecified atom stereocenters. The van der Waals surface area contributed by atoms with Crippen LogP contribution in [0.5, 0.6) is 0 Å². The summed E-state index contributed by atoms with van der Waals surface area (Å²) in [6.45, 7) is 15.3. The minimum atomic E-state index is -2.11. The van der Waals surface area contributed by atoms with Crippen molar-refractivity contribution in [3.05, 3.63) is 131 Å². The zero-order chi connectivity index (χ0) is 51.5. The summed E-state index contributed by atoms with van der Waals surface area (Å²) >= 11 is 0. The first-order valence-corrected chi connectivity index (χ1v) is 22.8. The van der Waals surface area contributed by atoms with Gasteiger partial charge in [-0.25, -0.2) is 19.4 Å². The van der Waals surface area contributed by atoms with Crippen LogP contribution in [-0.4, -0.2) is 83.5 Å². The molecule has 2 fully saturated rings. The van der Waals surface area contributed by atoms with Gasteiger partial charge in [-0.15, -0.1) is 0 Å². The number of rotatable bonds is 10. The molecule has 2 heterocycles. The largest absolute Gasteiger partial charge is 0.465 e. The molecular weight excluding hydrogens is 901 g/mol. The molecule has 364 valence electrons. The maximum Gasteiger partial charge on any atom is 0.421 e. The van der Waals surface area contributed by atoms with Gasteiger partial charge in [0.1, 0.15) is 33.6 Å². The van der Waals surface area contributed by atoms with Gasteiger partial charge < -0.3 is 18.9 Å². The van der Waals surface area contributed by atoms with E-state index in [4.69, 9.17) is 18.9 Å². The fourth-order valence-electron chi connectivity index (χ4n) is 10.7. The number of anilines is 2. The molecule has 16 heteroatoms. The van der Waals surface area contributed by atoms with Gasteiger partial charge in [0.15, 0.2) is 22.4 Å². The minimum absolute atomic E-state index is 0.0538. The Bertz CT molecular complexity index is 2690. The molecule has 2 spiro atoms. The molecule has 2 aliphatic heterocycles. The van der Waals surface area contributed by atoms with E-state index in [2.05, 4.69) is 0 Å². The van der Waals surface area contributed by atoms with E-state index in [1.807, 2.05) is 0 Å². The summed E-state index contributed by atoms with van der Waals surface area (Å²) in [4.78, 5) is 137. The lowest BCUT2D eigenvalue weighted by atomic mass is 9.84. The van der Waals surface area contributed by atoms with Crippen LogP contribution in [0.3, 0.4) is 0 Å². The van der Waals surface area contributed by atoms with Crippen molar-refractivity contribution < 1.29 is 66.9 Å². The summed E-state index contributed by atoms with van der Waals surface area (Å²) in [5, 5.41) is 0. The molecule has 0 radical (unpaired) electrons. The topological polar surface area (TPSA) is 214 Å². The van der Waals surface area contributed by atoms with Crippen molar-refractivity contribution in [2.45, 2.75) is 91.3 Å². The monoisotopic (exact) mass is 954 g/mol. The van der Waals surface area contributed by atoms with Crippen LogP contribution in [0.2, 0.25) is 0 Å². The number of hydrogen-bond donors (Lipinski definition) is 0. The number of nitrogens with zero attached hydrogens (tertiary/aromatic N) is 2. The number of hydrogen-bond acceptors (Lipinski definition) is 14. The van der Waals surface area contributed by atoms with Gasteiger partial charge in [-0.3, -0.25) is 38.4 Å². The number of esters is 2. The molecule has 2 saturated carbocycles. The van der Waals surface area contributed by atoms with Gasteiger partial charge in [0.25, 0.3) is 0 Å². The third-order valence-electron chi connectivity index (χ3n) is 13.1. The maximum absolute atomic E-state index is 14.2. The fourth-order valence-corrected chi connectivity index (χ4v) is 10.7. The molecule has 4 aromatic rings. The Hall–Kier alpha value is -7.62. The van der Waals surface area contributed by atoms with E-state index in [-0.39, 0.29) is 46.8 Å². The first kappa shape index (κ1) is 50.3. The lowest BCUT2D eigenvalue weighted by Gasteiger charge is -2.24. The van der Waals surface area contributed by atoms with Crippen molar-refractivity contribution in [1.29, 1.82) is 0 Å². The van der Waals surface area contributed by atoms with Gasteiger partial charge in [-0.05, 0) is 92.5 Å². The van der Waals surface area contributed by atoms with E-state index in [1.165, 1.54) is 26.0 Å². The number of carbonyl (C=O) groups is 10. The Balaban J connectivity index is 0.000000206. The second kappa shape index (κ2) is 17.7. The Morgan fingerprint density at radius 1 is 0.486 bits per heavy atom. The maximum atomic E-state index is 14.2. The average molecular weight is 955 g/mol. The van der Waals surface area contributed by atoms with E-state index in [0.29, 0.717) is 0 Å². The zero-order valence-electron chi connectivity index (χ0n) is 40.6. The van der Waals surface area contributed by atoms with E-state index < -0.39 is 104 Å². The molecule has 2 aliphatic carbocycles. The number of imide groups is 2. The minimum Gasteiger partial charge on any atom is -0.465 e. The van der Waals surface area contributed by atoms with E-state index >= 15 is 0 Å². The van der Waals surface area contributed by atoms with Crippen molar-refractivity contribution >= 4 is 70.4 Å². The number of amides is 4. The molecule has 16 nitrogen and oxygen atoms in total. The number of ketones is 4. The van der Waals surface area contributed by atoms with Crippen LogP contribution < -0.4 is 9.80 Å². The molecule has 4 amide bonds. The van der Waals surface area contributed by atoms with E-state index in [1.54, 1.807) is 152 Å². The fraction of sp³-hybridized carbons (Fsp3) is 0.370. The van der Waals surface area contributed by atoms with E-state index in [9.17, 15) is 47.9 Å². The summed E-state index contributed by atoms with van der Waals surface area (Å²) in [5.74, 6) is -8.86. The summed E-state index contributed by atoms with van der Waals surface area (Å²) < 4.78 is 21.5. The zero-order valence-corrected chi connectivity index (χ0v) is 40.6. The Labute approximate surface area is 404 Å². The predicted octanol–water partition coefficient (Wildman–Crippen LogP) is 7.71. The number of benzene rings is 4. The molecule has 0 bridgehead atoms. The standard InChI is InChI=1S/2C27H27NO7/c2*1-6-34-23(32)26(16(2)29)21(20(30)17-12-8-7-9-13-17)27(26)18-14-10-11-15-19(18)28(22(27)31)24(33)35-25(3,4)5/h2*7-15,21H,6H2,1-5H3/t2*21-,26+,27-/m11/s1. The first-order valence-electron chi connectivity index (χ1n) is 22.8. The molecule has 6 atom stereocenters. The highest BCUT2D eigenvalue weighted by atomic mass is 16.6. The van der Waals surface area contributed by atoms with E-state index in [0.717, 1.165) is 9.80 Å². The second-order valence-corrected chi connectivity index (χ2v) is 19.4. The van der Waals surface area contributed by atoms with Gasteiger partial charge >= 0.3 is 24.1 Å². The van der Waals surface area contributed by atoms with Gasteiger partial charge in [-0.2, -0.15) is 0 Å². The van der Waals surface area contributed by atoms with Crippen molar-refractivity contribution in [3.8, 4) is 0 Å². The number of fused-ring (bicyclic) bond motifs is 4. The smallest absolute Gasteiger partial charge is 0.421 e. The third kappa shape index (κ3) is 7.16. The van der Waals surface area contributed by atoms with Crippen LogP contribution in [0, 0.1) is 22.7 Å². The van der Waals surface area contributed by atoms with Crippen molar-refractivity contribution in [1.82, 2.24) is 0 Å². The lowest BCUT2D eigenvalue weighted by Crippen LogP contribution is -2.45. The molecule has 4 aliphatic rings. The molecule has 0 N–H and O–H groups in total. The number of Topliss-reactive ketones (excluding diaryl/α,β-unsaturated/α-hetero) is 4. The van der Waals surface area contributed by atoms with Crippen molar-refractivity contribution in [3.63, 3.8) is 0 Å². The van der Waals surface area contributed by atoms with Crippen LogP contribution >= 0.6 is 0 Å². The molecule has 0 saturated heterocycles. The SMILES string of the molecule is CCOC(=O)[C@]1(C(C)=O)[C@@H](C(=O)c2ccccc2)[C@]12C(=O)N(C(=O)OC(C)(C)C)c1ccccc12.CCOC(=O)[C@]1(C(C)=O)[C@@H](C(=O)c2ccccc2)[C@]12C(=O)N(C(=O)OC(C)(C)C)c1ccccc12. The normalized spacial score (nSPS) is 24.7. The van der Waals surface area contributed by atoms with Crippen LogP contribution in [0.25, 0.3) is 0 Å². The number of ether oxygens (including phenoxy) is 4. The summed E-state index contributed by atoms with van der Waals surface area (Å²) in [7, 11) is 0. The molecule has 8 rings (SSSR count). The van der Waals surface area contributed by atoms with Gasteiger partial charge in [0, 0.05) is 11.1 Å². The predicted molar refractivity (Wildman–Crippen MR) is 252 cm³/mol. The highest BCUT2D eigenvalue weighted by Gasteiger charge is 2.94. The molecule has 4 aromatic carbocycles. The quantitative estimate of drug-likeness (QED) is 0.0644. The Kier molecular flexibility index (Phi) is 12.7.